The molecule has 2 aromatic rings. The molecular formula is C20H25N3O3S. The van der Waals surface area contributed by atoms with E-state index in [1.54, 1.807) is 4.31 Å². The number of rotatable bonds is 5. The molecule has 0 aliphatic carbocycles. The number of benzene rings is 1. The molecule has 27 heavy (non-hydrogen) atoms. The zero-order chi connectivity index (χ0) is 18.9. The molecule has 2 saturated heterocycles. The molecule has 6 nitrogen and oxygen atoms in total. The highest BCUT2D eigenvalue weighted by Crippen LogP contribution is 2.40. The van der Waals surface area contributed by atoms with Gasteiger partial charge in [0.25, 0.3) is 0 Å². The molecule has 1 aromatic carbocycles. The van der Waals surface area contributed by atoms with Crippen LogP contribution in [0.15, 0.2) is 54.9 Å². The zero-order valence-corrected chi connectivity index (χ0v) is 16.3. The summed E-state index contributed by atoms with van der Waals surface area (Å²) in [7, 11) is -3.10. The molecule has 0 N–H and O–H groups in total. The summed E-state index contributed by atoms with van der Waals surface area (Å²) < 4.78 is 31.4. The summed E-state index contributed by atoms with van der Waals surface area (Å²) in [5, 5.41) is 0. The summed E-state index contributed by atoms with van der Waals surface area (Å²) in [5.41, 5.74) is 1.20. The molecule has 0 radical (unpaired) electrons. The van der Waals surface area contributed by atoms with Gasteiger partial charge in [0.05, 0.1) is 12.3 Å². The van der Waals surface area contributed by atoms with Crippen molar-refractivity contribution in [1.82, 2.24) is 14.2 Å². The summed E-state index contributed by atoms with van der Waals surface area (Å²) in [6.45, 7) is 2.03. The number of hydrogen-bond donors (Lipinski definition) is 0. The molecule has 0 unspecified atom stereocenters. The average molecular weight is 388 g/mol. The molecule has 7 heteroatoms. The van der Waals surface area contributed by atoms with Crippen molar-refractivity contribution in [2.45, 2.75) is 31.0 Å². The zero-order valence-electron chi connectivity index (χ0n) is 15.4. The van der Waals surface area contributed by atoms with E-state index in [0.717, 1.165) is 25.1 Å². The first-order valence-corrected chi connectivity index (χ1v) is 11.2. The Kier molecular flexibility index (Phi) is 5.16. The van der Waals surface area contributed by atoms with Crippen molar-refractivity contribution in [3.8, 4) is 5.75 Å². The number of para-hydroxylation sites is 1. The van der Waals surface area contributed by atoms with Gasteiger partial charge in [-0.25, -0.2) is 12.7 Å². The number of likely N-dealkylation sites (tertiary alicyclic amines) is 1. The van der Waals surface area contributed by atoms with E-state index in [-0.39, 0.29) is 12.1 Å². The summed E-state index contributed by atoms with van der Waals surface area (Å²) in [4.78, 5) is 6.60. The third kappa shape index (κ3) is 4.00. The fraction of sp³-hybridized carbons (Fsp3) is 0.450. The fourth-order valence-electron chi connectivity index (χ4n) is 4.12. The lowest BCUT2D eigenvalue weighted by Gasteiger charge is -2.53. The number of sulfonamides is 1. The Bertz CT molecular complexity index is 853. The highest BCUT2D eigenvalue weighted by atomic mass is 32.2. The van der Waals surface area contributed by atoms with Gasteiger partial charge >= 0.3 is 0 Å². The van der Waals surface area contributed by atoms with Crippen LogP contribution in [0.4, 0.5) is 0 Å². The Morgan fingerprint density at radius 1 is 1.04 bits per heavy atom. The van der Waals surface area contributed by atoms with Gasteiger partial charge in [-0.05, 0) is 42.7 Å². The van der Waals surface area contributed by atoms with Crippen molar-refractivity contribution in [2.24, 2.45) is 0 Å². The maximum Gasteiger partial charge on any atom is 0.211 e. The van der Waals surface area contributed by atoms with Gasteiger partial charge in [0, 0.05) is 38.1 Å². The van der Waals surface area contributed by atoms with Gasteiger partial charge in [0.1, 0.15) is 11.9 Å². The quantitative estimate of drug-likeness (QED) is 0.788. The van der Waals surface area contributed by atoms with Crippen LogP contribution in [0.3, 0.4) is 0 Å². The van der Waals surface area contributed by atoms with Crippen LogP contribution < -0.4 is 4.74 Å². The molecule has 2 aliphatic heterocycles. The lowest BCUT2D eigenvalue weighted by Crippen LogP contribution is -2.61. The topological polar surface area (TPSA) is 62.7 Å². The van der Waals surface area contributed by atoms with Crippen LogP contribution in [0.2, 0.25) is 0 Å². The minimum Gasteiger partial charge on any atom is -0.487 e. The third-order valence-corrected chi connectivity index (χ3v) is 6.84. The molecule has 0 spiro atoms. The molecule has 1 aromatic heterocycles. The highest BCUT2D eigenvalue weighted by molar-refractivity contribution is 7.88. The molecule has 2 atom stereocenters. The molecule has 144 valence electrons. The predicted molar refractivity (Wildman–Crippen MR) is 104 cm³/mol. The highest BCUT2D eigenvalue weighted by Gasteiger charge is 2.46. The van der Waals surface area contributed by atoms with Crippen molar-refractivity contribution in [1.29, 1.82) is 0 Å². The van der Waals surface area contributed by atoms with Crippen molar-refractivity contribution in [2.75, 3.05) is 25.9 Å². The number of aromatic nitrogens is 1. The summed E-state index contributed by atoms with van der Waals surface area (Å²) >= 11 is 0. The van der Waals surface area contributed by atoms with Crippen LogP contribution in [0.25, 0.3) is 0 Å². The minimum absolute atomic E-state index is 0.0859. The lowest BCUT2D eigenvalue weighted by atomic mass is 9.87. The maximum absolute atomic E-state index is 11.8. The Balaban J connectivity index is 1.48. The van der Waals surface area contributed by atoms with Crippen molar-refractivity contribution < 1.29 is 13.2 Å². The SMILES string of the molecule is CS(=O)(=O)N1CCC(N2C[C@H](Oc3ccccc3)[C@@H]2c2ccncc2)CC1. The van der Waals surface area contributed by atoms with E-state index >= 15 is 0 Å². The number of piperidine rings is 1. The number of ether oxygens (including phenoxy) is 1. The second-order valence-electron chi connectivity index (χ2n) is 7.28. The molecule has 0 bridgehead atoms. The van der Waals surface area contributed by atoms with Gasteiger partial charge in [-0.2, -0.15) is 0 Å². The normalized spacial score (nSPS) is 25.1. The average Bonchev–Trinajstić information content (AvgIpc) is 2.66. The van der Waals surface area contributed by atoms with E-state index < -0.39 is 10.0 Å². The monoisotopic (exact) mass is 387 g/mol. The Morgan fingerprint density at radius 3 is 2.33 bits per heavy atom. The van der Waals surface area contributed by atoms with Crippen molar-refractivity contribution in [3.05, 3.63) is 60.4 Å². The fourth-order valence-corrected chi connectivity index (χ4v) is 4.99. The van der Waals surface area contributed by atoms with Crippen LogP contribution in [0.5, 0.6) is 5.75 Å². The van der Waals surface area contributed by atoms with Gasteiger partial charge in [-0.3, -0.25) is 9.88 Å². The Hall–Kier alpha value is -1.96. The molecule has 4 rings (SSSR count). The van der Waals surface area contributed by atoms with E-state index in [1.807, 2.05) is 54.9 Å². The predicted octanol–water partition coefficient (Wildman–Crippen LogP) is 2.31. The van der Waals surface area contributed by atoms with Gasteiger partial charge in [0.15, 0.2) is 0 Å². The van der Waals surface area contributed by atoms with Gasteiger partial charge in [0.2, 0.25) is 10.0 Å². The third-order valence-electron chi connectivity index (χ3n) is 5.54. The van der Waals surface area contributed by atoms with E-state index in [9.17, 15) is 8.42 Å². The van der Waals surface area contributed by atoms with Crippen LogP contribution in [-0.4, -0.2) is 60.6 Å². The van der Waals surface area contributed by atoms with Crippen LogP contribution in [0.1, 0.15) is 24.4 Å². The number of pyridine rings is 1. The first-order valence-electron chi connectivity index (χ1n) is 9.35. The molecule has 2 aliphatic rings. The van der Waals surface area contributed by atoms with Crippen LogP contribution in [-0.2, 0) is 10.0 Å². The van der Waals surface area contributed by atoms with Crippen molar-refractivity contribution >= 4 is 10.0 Å². The van der Waals surface area contributed by atoms with Gasteiger partial charge in [-0.15, -0.1) is 0 Å². The lowest BCUT2D eigenvalue weighted by molar-refractivity contribution is -0.0826. The number of nitrogens with zero attached hydrogens (tertiary/aromatic N) is 3. The van der Waals surface area contributed by atoms with Crippen LogP contribution >= 0.6 is 0 Å². The second-order valence-corrected chi connectivity index (χ2v) is 9.27. The van der Waals surface area contributed by atoms with E-state index in [2.05, 4.69) is 9.88 Å². The standard InChI is InChI=1S/C20H25N3O3S/c1-27(24,25)22-13-9-17(10-14-22)23-15-19(26-18-5-3-2-4-6-18)20(23)16-7-11-21-12-8-16/h2-8,11-12,17,19-20H,9-10,13-15H2,1H3/t19-,20-/m0/s1. The van der Waals surface area contributed by atoms with E-state index in [0.29, 0.717) is 19.1 Å². The Labute approximate surface area is 160 Å². The smallest absolute Gasteiger partial charge is 0.211 e. The van der Waals surface area contributed by atoms with E-state index in [4.69, 9.17) is 4.74 Å². The first-order chi connectivity index (χ1) is 13.0. The molecule has 0 amide bonds. The summed E-state index contributed by atoms with van der Waals surface area (Å²) in [6.07, 6.45) is 6.72. The first kappa shape index (κ1) is 18.4. The molecule has 2 fully saturated rings. The van der Waals surface area contributed by atoms with Crippen LogP contribution in [0, 0.1) is 0 Å². The maximum atomic E-state index is 11.8. The molecular weight excluding hydrogens is 362 g/mol. The summed E-state index contributed by atoms with van der Waals surface area (Å²) in [6, 6.07) is 14.5. The second kappa shape index (κ2) is 7.58. The van der Waals surface area contributed by atoms with Gasteiger partial charge in [-0.1, -0.05) is 18.2 Å². The molecule has 0 saturated carbocycles. The van der Waals surface area contributed by atoms with Crippen molar-refractivity contribution in [3.63, 3.8) is 0 Å². The van der Waals surface area contributed by atoms with E-state index in [1.165, 1.54) is 11.8 Å². The number of hydrogen-bond acceptors (Lipinski definition) is 5. The van der Waals surface area contributed by atoms with Gasteiger partial charge < -0.3 is 4.74 Å². The Morgan fingerprint density at radius 2 is 1.70 bits per heavy atom. The summed E-state index contributed by atoms with van der Waals surface area (Å²) in [5.74, 6) is 0.883. The largest absolute Gasteiger partial charge is 0.487 e. The molecule has 3 heterocycles. The minimum atomic E-state index is -3.10.